The van der Waals surface area contributed by atoms with Gasteiger partial charge in [-0.05, 0) is 69.6 Å². The SMILES string of the molecule is COc1ccc(C(OC[C@H]2O[C@@H](n3cnc4c(N(Cc5ccc(C(C)(C)C)cc5)C(=O)c5ccccc5)ncnc43)C[C@@H]2O)(c2ccccc2)c2ccc(OC)cc2)cc1. The number of imidazole rings is 1. The molecule has 11 nitrogen and oxygen atoms in total. The van der Waals surface area contributed by atoms with Crippen LogP contribution in [0.15, 0.2) is 146 Å². The summed E-state index contributed by atoms with van der Waals surface area (Å²) in [7, 11) is 3.27. The molecule has 0 saturated carbocycles. The molecular weight excluding hydrogens is 755 g/mol. The first kappa shape index (κ1) is 40.4. The number of aliphatic hydroxyl groups is 1. The maximum absolute atomic E-state index is 14.2. The minimum absolute atomic E-state index is 0.0111. The van der Waals surface area contributed by atoms with Gasteiger partial charge in [0.1, 0.15) is 35.8 Å². The molecule has 0 bridgehead atoms. The fourth-order valence-electron chi connectivity index (χ4n) is 7.84. The molecule has 1 N–H and O–H groups in total. The molecule has 1 amide bonds. The molecule has 0 aliphatic carbocycles. The Hall–Kier alpha value is -6.40. The van der Waals surface area contributed by atoms with E-state index in [1.165, 1.54) is 11.9 Å². The van der Waals surface area contributed by atoms with Gasteiger partial charge in [-0.15, -0.1) is 0 Å². The van der Waals surface area contributed by atoms with Gasteiger partial charge in [0.25, 0.3) is 5.91 Å². The predicted molar refractivity (Wildman–Crippen MR) is 230 cm³/mol. The lowest BCUT2D eigenvalue weighted by molar-refractivity contribution is -0.0931. The summed E-state index contributed by atoms with van der Waals surface area (Å²) < 4.78 is 26.5. The molecule has 306 valence electrons. The third-order valence-corrected chi connectivity index (χ3v) is 11.2. The quantitative estimate of drug-likeness (QED) is 0.114. The van der Waals surface area contributed by atoms with Crippen molar-refractivity contribution in [3.63, 3.8) is 0 Å². The maximum atomic E-state index is 14.2. The van der Waals surface area contributed by atoms with Crippen LogP contribution >= 0.6 is 0 Å². The summed E-state index contributed by atoms with van der Waals surface area (Å²) in [5.74, 6) is 1.59. The first-order chi connectivity index (χ1) is 29.1. The molecule has 0 radical (unpaired) electrons. The van der Waals surface area contributed by atoms with Gasteiger partial charge in [0, 0.05) is 12.0 Å². The van der Waals surface area contributed by atoms with Crippen LogP contribution in [0.1, 0.15) is 71.6 Å². The first-order valence-electron chi connectivity index (χ1n) is 20.0. The van der Waals surface area contributed by atoms with E-state index in [-0.39, 0.29) is 30.9 Å². The van der Waals surface area contributed by atoms with Crippen molar-refractivity contribution in [1.82, 2.24) is 19.5 Å². The van der Waals surface area contributed by atoms with Crippen molar-refractivity contribution in [3.05, 3.63) is 179 Å². The zero-order chi connectivity index (χ0) is 41.9. The van der Waals surface area contributed by atoms with E-state index in [4.69, 9.17) is 23.9 Å². The third kappa shape index (κ3) is 7.99. The van der Waals surface area contributed by atoms with E-state index in [9.17, 15) is 9.90 Å². The number of carbonyl (C=O) groups excluding carboxylic acids is 1. The molecule has 0 spiro atoms. The molecular formula is C49H49N5O6. The standard InChI is InChI=1S/C49H49N5O6/c1-48(2,3)35-18-16-33(17-19-35)29-53(47(56)34-12-8-6-9-13-34)45-44-46(51-31-50-45)54(32-52-44)43-28-41(55)42(60-43)30-59-49(36-14-10-7-11-15-36,37-20-24-39(57-4)25-21-37)38-22-26-40(58-5)27-23-38/h6-27,31-32,41-43,55H,28-30H2,1-5H3/t41-,42+,43+/m0/s1. The number of methoxy groups -OCH3 is 2. The molecule has 1 aliphatic heterocycles. The molecule has 2 aromatic heterocycles. The molecule has 3 heterocycles. The summed E-state index contributed by atoms with van der Waals surface area (Å²) in [5, 5.41) is 11.6. The van der Waals surface area contributed by atoms with Crippen LogP contribution in [0.5, 0.6) is 11.5 Å². The van der Waals surface area contributed by atoms with Crippen molar-refractivity contribution in [2.24, 2.45) is 0 Å². The van der Waals surface area contributed by atoms with Crippen LogP contribution in [0.4, 0.5) is 5.82 Å². The van der Waals surface area contributed by atoms with Gasteiger partial charge < -0.3 is 24.1 Å². The zero-order valence-corrected chi connectivity index (χ0v) is 34.4. The lowest BCUT2D eigenvalue weighted by atomic mass is 9.80. The number of rotatable bonds is 13. The van der Waals surface area contributed by atoms with E-state index in [0.717, 1.165) is 33.8 Å². The Kier molecular flexibility index (Phi) is 11.5. The van der Waals surface area contributed by atoms with Gasteiger partial charge in [-0.1, -0.05) is 118 Å². The van der Waals surface area contributed by atoms with E-state index in [1.54, 1.807) is 42.1 Å². The molecule has 5 aromatic carbocycles. The fraction of sp³-hybridized carbons (Fsp3) is 0.265. The van der Waals surface area contributed by atoms with Crippen LogP contribution < -0.4 is 14.4 Å². The summed E-state index contributed by atoms with van der Waals surface area (Å²) in [6.07, 6.45) is 1.12. The molecule has 0 unspecified atom stereocenters. The molecule has 8 rings (SSSR count). The highest BCUT2D eigenvalue weighted by Gasteiger charge is 2.42. The monoisotopic (exact) mass is 803 g/mol. The van der Waals surface area contributed by atoms with E-state index in [0.29, 0.717) is 22.5 Å². The number of carbonyl (C=O) groups is 1. The summed E-state index contributed by atoms with van der Waals surface area (Å²) in [4.78, 5) is 29.9. The molecule has 11 heteroatoms. The van der Waals surface area contributed by atoms with Gasteiger partial charge in [-0.2, -0.15) is 0 Å². The molecule has 7 aromatic rings. The number of nitrogens with zero attached hydrogens (tertiary/aromatic N) is 5. The average molecular weight is 804 g/mol. The lowest BCUT2D eigenvalue weighted by Crippen LogP contribution is -2.38. The molecule has 1 aliphatic rings. The van der Waals surface area contributed by atoms with Gasteiger partial charge in [0.2, 0.25) is 0 Å². The highest BCUT2D eigenvalue weighted by atomic mass is 16.6. The predicted octanol–water partition coefficient (Wildman–Crippen LogP) is 8.65. The normalized spacial score (nSPS) is 16.8. The topological polar surface area (TPSA) is 121 Å². The van der Waals surface area contributed by atoms with E-state index >= 15 is 0 Å². The van der Waals surface area contributed by atoms with Crippen molar-refractivity contribution in [2.75, 3.05) is 25.7 Å². The van der Waals surface area contributed by atoms with Crippen LogP contribution in [-0.4, -0.2) is 63.6 Å². The number of amides is 1. The Balaban J connectivity index is 1.10. The molecule has 3 atom stereocenters. The number of aliphatic hydroxyl groups excluding tert-OH is 1. The third-order valence-electron chi connectivity index (χ3n) is 11.2. The number of hydrogen-bond donors (Lipinski definition) is 1. The van der Waals surface area contributed by atoms with Crippen molar-refractivity contribution in [1.29, 1.82) is 0 Å². The minimum Gasteiger partial charge on any atom is -0.497 e. The Morgan fingerprint density at radius 1 is 0.750 bits per heavy atom. The fourth-order valence-corrected chi connectivity index (χ4v) is 7.84. The van der Waals surface area contributed by atoms with Crippen LogP contribution in [0.3, 0.4) is 0 Å². The van der Waals surface area contributed by atoms with E-state index in [1.807, 2.05) is 97.1 Å². The van der Waals surface area contributed by atoms with Crippen LogP contribution in [0, 0.1) is 0 Å². The molecule has 1 saturated heterocycles. The van der Waals surface area contributed by atoms with Crippen LogP contribution in [0.25, 0.3) is 11.2 Å². The smallest absolute Gasteiger partial charge is 0.259 e. The second kappa shape index (κ2) is 17.1. The largest absolute Gasteiger partial charge is 0.497 e. The second-order valence-electron chi connectivity index (χ2n) is 16.0. The Labute approximate surface area is 350 Å². The van der Waals surface area contributed by atoms with Crippen molar-refractivity contribution < 1.29 is 28.8 Å². The highest BCUT2D eigenvalue weighted by Crippen LogP contribution is 2.43. The Bertz CT molecular complexity index is 2470. The van der Waals surface area contributed by atoms with Gasteiger partial charge in [-0.25, -0.2) is 15.0 Å². The summed E-state index contributed by atoms with van der Waals surface area (Å²) >= 11 is 0. The minimum atomic E-state index is -1.09. The van der Waals surface area contributed by atoms with Crippen LogP contribution in [-0.2, 0) is 27.0 Å². The number of benzene rings is 5. The van der Waals surface area contributed by atoms with E-state index in [2.05, 4.69) is 55.0 Å². The lowest BCUT2D eigenvalue weighted by Gasteiger charge is -2.37. The Morgan fingerprint density at radius 2 is 1.32 bits per heavy atom. The number of fused-ring (bicyclic) bond motifs is 1. The second-order valence-corrected chi connectivity index (χ2v) is 16.0. The van der Waals surface area contributed by atoms with Gasteiger partial charge >= 0.3 is 0 Å². The van der Waals surface area contributed by atoms with Crippen LogP contribution in [0.2, 0.25) is 0 Å². The zero-order valence-electron chi connectivity index (χ0n) is 34.4. The first-order valence-corrected chi connectivity index (χ1v) is 20.0. The maximum Gasteiger partial charge on any atom is 0.259 e. The van der Waals surface area contributed by atoms with Gasteiger partial charge in [-0.3, -0.25) is 14.3 Å². The average Bonchev–Trinajstić information content (AvgIpc) is 3.89. The van der Waals surface area contributed by atoms with Crippen molar-refractivity contribution in [2.45, 2.75) is 63.2 Å². The summed E-state index contributed by atoms with van der Waals surface area (Å²) in [6.45, 7) is 6.83. The van der Waals surface area contributed by atoms with Gasteiger partial charge in [0.05, 0.1) is 39.8 Å². The highest BCUT2D eigenvalue weighted by molar-refractivity contribution is 6.08. The number of anilines is 1. The van der Waals surface area contributed by atoms with Crippen molar-refractivity contribution >= 4 is 22.9 Å². The summed E-state index contributed by atoms with van der Waals surface area (Å²) in [6, 6.07) is 43.1. The van der Waals surface area contributed by atoms with Crippen molar-refractivity contribution in [3.8, 4) is 11.5 Å². The number of hydrogen-bond acceptors (Lipinski definition) is 9. The number of ether oxygens (including phenoxy) is 4. The van der Waals surface area contributed by atoms with E-state index < -0.39 is 24.0 Å². The molecule has 1 fully saturated rings. The number of aromatic nitrogens is 4. The van der Waals surface area contributed by atoms with Gasteiger partial charge in [0.15, 0.2) is 17.0 Å². The Morgan fingerprint density at radius 3 is 1.90 bits per heavy atom. The summed E-state index contributed by atoms with van der Waals surface area (Å²) in [5.41, 5.74) is 5.11. The molecule has 60 heavy (non-hydrogen) atoms.